The van der Waals surface area contributed by atoms with Crippen LogP contribution in [0.2, 0.25) is 0 Å². The molecule has 5 heterocycles. The molecular weight excluding hydrogens is 896 g/mol. The number of ether oxygens (including phenoxy) is 4. The molecule has 3 aromatic heterocycles. The number of carbonyl (C=O) groups excluding carboxylic acids is 2. The summed E-state index contributed by atoms with van der Waals surface area (Å²) in [6.07, 6.45) is -6.99. The number of unbranched alkanes of at least 4 members (excludes halogenated alkanes) is 1. The van der Waals surface area contributed by atoms with Crippen LogP contribution < -0.4 is 28.2 Å². The second kappa shape index (κ2) is 20.9. The largest absolute Gasteiger partial charge is 0.472 e. The first-order chi connectivity index (χ1) is 30.4. The van der Waals surface area contributed by atoms with E-state index in [9.17, 15) is 43.3 Å². The van der Waals surface area contributed by atoms with Crippen LogP contribution in [-0.2, 0) is 53.1 Å². The number of rotatable bonds is 20. The Balaban J connectivity index is 1.07. The molecule has 3 unspecified atom stereocenters. The topological polar surface area (TPSA) is 431 Å². The average molecular weight is 940 g/mol. The van der Waals surface area contributed by atoms with E-state index in [2.05, 4.69) is 39.8 Å². The Hall–Kier alpha value is -5.64. The lowest BCUT2D eigenvalue weighted by Gasteiger charge is -2.24. The number of carbonyl (C=O) groups is 2. The number of hydrogen-bond acceptors (Lipinski definition) is 21. The zero-order valence-electron chi connectivity index (χ0n) is 33.2. The first-order valence-corrected chi connectivity index (χ1v) is 22.1. The number of aliphatic hydroxyl groups is 1. The summed E-state index contributed by atoms with van der Waals surface area (Å²) in [7, 11) is -10.3. The van der Waals surface area contributed by atoms with E-state index in [-0.39, 0.29) is 48.8 Å². The summed E-state index contributed by atoms with van der Waals surface area (Å²) < 4.78 is 64.8. The summed E-state index contributed by atoms with van der Waals surface area (Å²) in [5.41, 5.74) is 26.6. The molecule has 2 fully saturated rings. The van der Waals surface area contributed by atoms with E-state index in [1.54, 1.807) is 24.3 Å². The van der Waals surface area contributed by atoms with E-state index in [0.717, 1.165) is 10.9 Å². The monoisotopic (exact) mass is 939 g/mol. The van der Waals surface area contributed by atoms with Crippen molar-refractivity contribution in [2.45, 2.75) is 81.3 Å². The molecule has 9 atom stereocenters. The van der Waals surface area contributed by atoms with Crippen molar-refractivity contribution in [1.82, 2.24) is 34.4 Å². The predicted molar refractivity (Wildman–Crippen MR) is 215 cm³/mol. The van der Waals surface area contributed by atoms with Gasteiger partial charge >= 0.3 is 33.4 Å². The Labute approximate surface area is 360 Å². The van der Waals surface area contributed by atoms with Gasteiger partial charge in [-0.2, -0.15) is 4.98 Å². The minimum Gasteiger partial charge on any atom is -0.455 e. The molecule has 2 aliphatic heterocycles. The van der Waals surface area contributed by atoms with Crippen molar-refractivity contribution in [3.8, 4) is 0 Å². The number of aromatic nitrogens is 6. The highest BCUT2D eigenvalue weighted by Crippen LogP contribution is 2.50. The van der Waals surface area contributed by atoms with Gasteiger partial charge in [-0.1, -0.05) is 29.4 Å². The van der Waals surface area contributed by atoms with Crippen LogP contribution in [0.4, 0.5) is 22.1 Å². The van der Waals surface area contributed by atoms with E-state index in [1.807, 2.05) is 0 Å². The minimum atomic E-state index is -5.20. The van der Waals surface area contributed by atoms with Gasteiger partial charge in [-0.05, 0) is 36.4 Å². The number of hydrogen-bond donors (Lipinski definition) is 8. The van der Waals surface area contributed by atoms with Crippen LogP contribution in [0, 0.1) is 0 Å². The predicted octanol–water partition coefficient (Wildman–Crippen LogP) is 0.683. The smallest absolute Gasteiger partial charge is 0.455 e. The molecule has 346 valence electrons. The summed E-state index contributed by atoms with van der Waals surface area (Å²) in [4.78, 5) is 85.8. The third kappa shape index (κ3) is 12.5. The van der Waals surface area contributed by atoms with Gasteiger partial charge in [0.1, 0.15) is 61.0 Å². The molecule has 4 aromatic rings. The number of phosphoric acid groups is 2. The number of alkyl carbamates (subject to hydrolysis) is 1. The highest BCUT2D eigenvalue weighted by molar-refractivity contribution is 7.47. The number of esters is 1. The fourth-order valence-electron chi connectivity index (χ4n) is 6.53. The molecule has 0 bridgehead atoms. The Morgan fingerprint density at radius 3 is 2.50 bits per heavy atom. The second-order valence-corrected chi connectivity index (χ2v) is 16.7. The van der Waals surface area contributed by atoms with Gasteiger partial charge in [0.25, 0.3) is 0 Å². The molecule has 0 aliphatic carbocycles. The maximum atomic E-state index is 13.4. The van der Waals surface area contributed by atoms with Crippen molar-refractivity contribution in [3.63, 3.8) is 0 Å². The number of nitrogens with two attached hydrogens (primary N) is 3. The maximum absolute atomic E-state index is 13.4. The van der Waals surface area contributed by atoms with Crippen molar-refractivity contribution in [2.24, 2.45) is 10.8 Å². The number of anilines is 2. The van der Waals surface area contributed by atoms with E-state index in [1.165, 1.54) is 23.2 Å². The zero-order valence-corrected chi connectivity index (χ0v) is 35.0. The lowest BCUT2D eigenvalue weighted by molar-refractivity contribution is -0.158. The van der Waals surface area contributed by atoms with Crippen LogP contribution >= 0.6 is 15.6 Å². The Morgan fingerprint density at radius 2 is 1.78 bits per heavy atom. The van der Waals surface area contributed by atoms with Crippen LogP contribution in [0.5, 0.6) is 0 Å². The Bertz CT molecular complexity index is 2490. The molecule has 0 saturated carbocycles. The summed E-state index contributed by atoms with van der Waals surface area (Å²) in [6.45, 7) is -1.59. The SMILES string of the molecule is [N-]=[N+]=Nc1ccc(COC(=O)NCCCC[C@H](N)C(=O)O[C@@H]2C(COP(=O)(O)O[C@H]3CC(n4ccc(N)nc4=O)O[C@@H]3COP(=O)(O)O)O[C@@H](n3cnc4c(N)ncnc43)[C@@H]2O)cc1. The fraction of sp³-hybridized carbons (Fsp3) is 0.485. The zero-order chi connectivity index (χ0) is 46.2. The molecule has 0 spiro atoms. The van der Waals surface area contributed by atoms with E-state index >= 15 is 0 Å². The third-order valence-electron chi connectivity index (χ3n) is 9.62. The Kier molecular flexibility index (Phi) is 15.6. The summed E-state index contributed by atoms with van der Waals surface area (Å²) in [6, 6.07) is 6.44. The number of nitrogens with one attached hydrogen (secondary N) is 1. The number of nitrogen functional groups attached to an aromatic ring is 2. The van der Waals surface area contributed by atoms with Gasteiger partial charge < -0.3 is 61.3 Å². The molecular formula is C33H43N13O16P2. The molecule has 1 aromatic carbocycles. The van der Waals surface area contributed by atoms with Gasteiger partial charge in [0.05, 0.1) is 19.5 Å². The molecule has 2 aliphatic rings. The highest BCUT2D eigenvalue weighted by Gasteiger charge is 2.50. The van der Waals surface area contributed by atoms with Gasteiger partial charge in [0.2, 0.25) is 0 Å². The lowest BCUT2D eigenvalue weighted by atomic mass is 10.1. The van der Waals surface area contributed by atoms with Gasteiger partial charge in [0.15, 0.2) is 23.8 Å². The van der Waals surface area contributed by atoms with Crippen molar-refractivity contribution in [2.75, 3.05) is 31.2 Å². The molecule has 31 heteroatoms. The lowest BCUT2D eigenvalue weighted by Crippen LogP contribution is -2.43. The van der Waals surface area contributed by atoms with Crippen LogP contribution in [0.15, 0.2) is 59.1 Å². The summed E-state index contributed by atoms with van der Waals surface area (Å²) >= 11 is 0. The quantitative estimate of drug-likeness (QED) is 0.0151. The molecule has 64 heavy (non-hydrogen) atoms. The number of nitrogens with zero attached hydrogens (tertiary/aromatic N) is 9. The van der Waals surface area contributed by atoms with Crippen molar-refractivity contribution < 1.29 is 71.0 Å². The van der Waals surface area contributed by atoms with Gasteiger partial charge in [-0.25, -0.2) is 33.7 Å². The van der Waals surface area contributed by atoms with Crippen LogP contribution in [0.1, 0.15) is 43.7 Å². The number of benzene rings is 1. The summed E-state index contributed by atoms with van der Waals surface area (Å²) in [5.74, 6) is -1.09. The van der Waals surface area contributed by atoms with Crippen molar-refractivity contribution in [1.29, 1.82) is 0 Å². The normalized spacial score (nSPS) is 23.5. The first kappa shape index (κ1) is 47.8. The summed E-state index contributed by atoms with van der Waals surface area (Å²) in [5, 5.41) is 17.6. The average Bonchev–Trinajstić information content (AvgIpc) is 3.94. The van der Waals surface area contributed by atoms with Crippen LogP contribution in [0.25, 0.3) is 21.6 Å². The molecule has 1 amide bonds. The molecule has 2 saturated heterocycles. The second-order valence-electron chi connectivity index (χ2n) is 14.1. The number of fused-ring (bicyclic) bond motifs is 1. The molecule has 29 nitrogen and oxygen atoms in total. The molecule has 11 N–H and O–H groups in total. The Morgan fingerprint density at radius 1 is 1.03 bits per heavy atom. The van der Waals surface area contributed by atoms with Crippen molar-refractivity contribution in [3.05, 3.63) is 75.7 Å². The standard InChI is InChI=1S/C33H43N13O16P2/c34-19(3-1-2-9-38-33(50)56-12-17-4-6-18(7-5-17)43-44-37)31(48)61-27-22(60-30(26(27)47)46-16-41-25-28(36)39-15-40-29(25)46)14-58-64(54,55)62-20-11-24(45-10-8-23(35)42-32(45)49)59-21(20)13-57-63(51,52)53/h4-8,10,15-16,19-22,24,26-27,30,47H,1-3,9,11-14,34H2,(H,38,50)(H,54,55)(H2,35,42,49)(H2,36,39,40)(H2,51,52,53)/t19-,20-,21+,22?,24?,26+,27+,30+/m0/s1. The number of amides is 1. The number of imidazole rings is 1. The third-order valence-corrected chi connectivity index (χ3v) is 11.1. The van der Waals surface area contributed by atoms with E-state index < -0.39 is 95.6 Å². The van der Waals surface area contributed by atoms with Crippen molar-refractivity contribution >= 4 is 56.2 Å². The van der Waals surface area contributed by atoms with Crippen LogP contribution in [-0.4, -0.2) is 117 Å². The highest BCUT2D eigenvalue weighted by atomic mass is 31.2. The van der Waals surface area contributed by atoms with Gasteiger partial charge in [0, 0.05) is 29.8 Å². The number of azide groups is 1. The van der Waals surface area contributed by atoms with Crippen LogP contribution in [0.3, 0.4) is 0 Å². The number of aliphatic hydroxyl groups excluding tert-OH is 1. The van der Waals surface area contributed by atoms with Gasteiger partial charge in [-0.15, -0.1) is 0 Å². The minimum absolute atomic E-state index is 0.00547. The molecule has 0 radical (unpaired) electrons. The van der Waals surface area contributed by atoms with E-state index in [0.29, 0.717) is 24.1 Å². The maximum Gasteiger partial charge on any atom is 0.472 e. The van der Waals surface area contributed by atoms with E-state index in [4.69, 9.17) is 50.7 Å². The first-order valence-electron chi connectivity index (χ1n) is 19.0. The number of phosphoric ester groups is 2. The fourth-order valence-corrected chi connectivity index (χ4v) is 7.83. The molecule has 6 rings (SSSR count). The van der Waals surface area contributed by atoms with Gasteiger partial charge in [-0.3, -0.25) is 27.5 Å².